The first-order chi connectivity index (χ1) is 16.2. The first-order valence-corrected chi connectivity index (χ1v) is 11.1. The van der Waals surface area contributed by atoms with E-state index in [1.165, 1.54) is 12.1 Å². The van der Waals surface area contributed by atoms with E-state index in [9.17, 15) is 34.3 Å². The molecule has 0 saturated carbocycles. The molecule has 0 bridgehead atoms. The summed E-state index contributed by atoms with van der Waals surface area (Å²) < 4.78 is 45.9. The number of carboxylic acid groups (broad SMARTS) is 1. The van der Waals surface area contributed by atoms with Crippen LogP contribution in [0.15, 0.2) is 52.2 Å². The highest BCUT2D eigenvalue weighted by Crippen LogP contribution is 2.46. The number of aromatic nitrogens is 2. The van der Waals surface area contributed by atoms with Crippen LogP contribution in [0.25, 0.3) is 0 Å². The van der Waals surface area contributed by atoms with Gasteiger partial charge in [-0.05, 0) is 26.0 Å². The summed E-state index contributed by atoms with van der Waals surface area (Å²) in [4.78, 5) is 36.8. The van der Waals surface area contributed by atoms with Gasteiger partial charge in [-0.1, -0.05) is 18.2 Å². The first kappa shape index (κ1) is 22.0. The predicted molar refractivity (Wildman–Crippen MR) is 113 cm³/mol. The Kier molecular flexibility index (Phi) is 6.40. The minimum Gasteiger partial charge on any atom is -0.480 e. The molecule has 1 aromatic carbocycles. The molecule has 0 aliphatic carbocycles. The average molecular weight is 487 g/mol. The highest BCUT2D eigenvalue weighted by atomic mass is 31.2. The van der Waals surface area contributed by atoms with Gasteiger partial charge >= 0.3 is 19.4 Å². The van der Waals surface area contributed by atoms with E-state index in [-0.39, 0.29) is 5.75 Å². The molecule has 2 unspecified atom stereocenters. The Hall–Kier alpha value is -2.80. The van der Waals surface area contributed by atoms with Crippen LogP contribution in [0.3, 0.4) is 0 Å². The number of nitrogens with zero attached hydrogens (tertiary/aromatic N) is 1. The number of hydrogen-bond acceptors (Lipinski definition) is 9. The third kappa shape index (κ3) is 5.58. The van der Waals surface area contributed by atoms with E-state index < -0.39 is 67.7 Å². The second kappa shape index (κ2) is 9.59. The minimum atomic E-state index is -4.58. The quantitative estimate of drug-likeness (QED) is 0.295. The fourth-order valence-corrected chi connectivity index (χ4v) is 4.40. The molecule has 1 aliphatic rings. The highest BCUT2D eigenvalue weighted by molar-refractivity contribution is 7.52. The van der Waals surface area contributed by atoms with Crippen LogP contribution in [-0.2, 0) is 18.6 Å². The molecule has 3 rings (SSSR count). The summed E-state index contributed by atoms with van der Waals surface area (Å²) in [5.41, 5.74) is -4.27. The lowest BCUT2D eigenvalue weighted by Crippen LogP contribution is -2.47. The van der Waals surface area contributed by atoms with Crippen molar-refractivity contribution in [1.29, 1.82) is 0 Å². The molecule has 2 aromatic rings. The van der Waals surface area contributed by atoms with Crippen LogP contribution in [0.1, 0.15) is 22.8 Å². The molecule has 1 aromatic heterocycles. The van der Waals surface area contributed by atoms with E-state index >= 15 is 0 Å². The molecule has 0 spiro atoms. The Morgan fingerprint density at radius 3 is 2.76 bits per heavy atom. The molecule has 0 amide bonds. The second-order valence-corrected chi connectivity index (χ2v) is 9.04. The topological polar surface area (TPSA) is 189 Å². The normalized spacial score (nSPS) is 29.4. The Bertz CT molecular complexity index is 1240. The summed E-state index contributed by atoms with van der Waals surface area (Å²) in [5.74, 6) is -1.37. The zero-order chi connectivity index (χ0) is 26.1. The fourth-order valence-electron chi connectivity index (χ4n) is 2.98. The standard InChI is InChI=1S/C19H24N3O10P/c1-11(16(25)26)21-33(29,32-12-6-4-3-5-7-12)30-10-13-15(24)19(2,28)17(31-13)22-9-8-14(23)20-18(22)27/h3-9,11,13,15,17,24,28H,10H2,1-2H3,(H,21,29)(H,25,26)(H,20,23,27)/t11?,13-,15-,17-,19-,33+/m1/s1/i8D,10D/t10?,11?,13-,15-,17-,19-,33+. The minimum absolute atomic E-state index is 0.0219. The number of aliphatic carboxylic acids is 1. The third-order valence-electron chi connectivity index (χ3n) is 4.76. The van der Waals surface area contributed by atoms with Gasteiger partial charge in [-0.2, -0.15) is 5.09 Å². The number of aliphatic hydroxyl groups is 2. The third-order valence-corrected chi connectivity index (χ3v) is 6.32. The van der Waals surface area contributed by atoms with Crippen LogP contribution >= 0.6 is 7.75 Å². The zero-order valence-corrected chi connectivity index (χ0v) is 18.3. The number of rotatable bonds is 9. The summed E-state index contributed by atoms with van der Waals surface area (Å²) >= 11 is 0. The van der Waals surface area contributed by atoms with Crippen LogP contribution in [0.2, 0.25) is 0 Å². The highest BCUT2D eigenvalue weighted by Gasteiger charge is 2.54. The van der Waals surface area contributed by atoms with Crippen LogP contribution in [0.5, 0.6) is 5.75 Å². The van der Waals surface area contributed by atoms with Crippen molar-refractivity contribution in [1.82, 2.24) is 14.6 Å². The molecule has 13 nitrogen and oxygen atoms in total. The summed E-state index contributed by atoms with van der Waals surface area (Å²) in [6, 6.07) is 5.49. The van der Waals surface area contributed by atoms with Crippen molar-refractivity contribution in [2.24, 2.45) is 0 Å². The monoisotopic (exact) mass is 487 g/mol. The number of carboxylic acids is 1. The molecular weight excluding hydrogens is 461 g/mol. The summed E-state index contributed by atoms with van der Waals surface area (Å²) in [5, 5.41) is 32.8. The van der Waals surface area contributed by atoms with Crippen molar-refractivity contribution in [2.45, 2.75) is 43.9 Å². The number of nitrogens with one attached hydrogen (secondary N) is 2. The summed E-state index contributed by atoms with van der Waals surface area (Å²) in [6.45, 7) is 0.216. The second-order valence-electron chi connectivity index (χ2n) is 7.40. The van der Waals surface area contributed by atoms with Gasteiger partial charge in [0.1, 0.15) is 29.6 Å². The van der Waals surface area contributed by atoms with E-state index in [1.54, 1.807) is 18.2 Å². The van der Waals surface area contributed by atoms with Gasteiger partial charge in [0, 0.05) is 12.2 Å². The van der Waals surface area contributed by atoms with Gasteiger partial charge in [0.05, 0.1) is 9.32 Å². The van der Waals surface area contributed by atoms with Crippen LogP contribution in [-0.4, -0.2) is 61.3 Å². The Labute approximate surface area is 190 Å². The molecule has 180 valence electrons. The Morgan fingerprint density at radius 2 is 2.12 bits per heavy atom. The average Bonchev–Trinajstić information content (AvgIpc) is 3.00. The maximum Gasteiger partial charge on any atom is 0.459 e. The van der Waals surface area contributed by atoms with Gasteiger partial charge in [0.2, 0.25) is 0 Å². The van der Waals surface area contributed by atoms with Gasteiger partial charge < -0.3 is 24.6 Å². The van der Waals surface area contributed by atoms with Crippen molar-refractivity contribution < 1.29 is 41.2 Å². The number of ether oxygens (including phenoxy) is 1. The number of hydrogen-bond donors (Lipinski definition) is 5. The molecule has 1 aliphatic heterocycles. The van der Waals surface area contributed by atoms with Crippen molar-refractivity contribution in [3.63, 3.8) is 0 Å². The maximum atomic E-state index is 13.4. The fraction of sp³-hybridized carbons (Fsp3) is 0.421. The van der Waals surface area contributed by atoms with Crippen molar-refractivity contribution in [3.8, 4) is 5.75 Å². The number of benzene rings is 1. The SMILES string of the molecule is [2H]c1cn([C@@H]2O[C@H](C([2H])O[P@@](=O)(NC(C)C(=O)O)Oc3ccccc3)[C@@H](O)[C@@]2(C)O)c(=O)[nH]c1=O. The van der Waals surface area contributed by atoms with Gasteiger partial charge in [-0.25, -0.2) is 9.36 Å². The van der Waals surface area contributed by atoms with Gasteiger partial charge in [0.25, 0.3) is 5.56 Å². The molecule has 2 heterocycles. The number of carbonyl (C=O) groups is 1. The van der Waals surface area contributed by atoms with E-state index in [2.05, 4.69) is 5.09 Å². The number of para-hydroxylation sites is 1. The number of H-pyrrole nitrogens is 1. The molecular formula is C19H24N3O10P. The van der Waals surface area contributed by atoms with E-state index in [1.807, 2.05) is 4.98 Å². The maximum absolute atomic E-state index is 13.4. The molecule has 14 heteroatoms. The lowest BCUT2D eigenvalue weighted by molar-refractivity contribution is -0.138. The van der Waals surface area contributed by atoms with Crippen LogP contribution < -0.4 is 20.9 Å². The lowest BCUT2D eigenvalue weighted by Gasteiger charge is -2.27. The van der Waals surface area contributed by atoms with Crippen LogP contribution in [0, 0.1) is 0 Å². The largest absolute Gasteiger partial charge is 0.480 e. The van der Waals surface area contributed by atoms with Gasteiger partial charge in [-0.15, -0.1) is 0 Å². The van der Waals surface area contributed by atoms with E-state index in [0.29, 0.717) is 4.57 Å². The Balaban J connectivity index is 1.89. The van der Waals surface area contributed by atoms with Crippen molar-refractivity contribution >= 4 is 13.7 Å². The summed E-state index contributed by atoms with van der Waals surface area (Å²) in [7, 11) is -4.58. The summed E-state index contributed by atoms with van der Waals surface area (Å²) in [6.07, 6.45) is -4.50. The zero-order valence-electron chi connectivity index (χ0n) is 19.4. The van der Waals surface area contributed by atoms with E-state index in [4.69, 9.17) is 16.5 Å². The number of aliphatic hydroxyl groups excluding tert-OH is 1. The smallest absolute Gasteiger partial charge is 0.459 e. The van der Waals surface area contributed by atoms with Crippen molar-refractivity contribution in [3.05, 3.63) is 63.4 Å². The lowest BCUT2D eigenvalue weighted by atomic mass is 9.96. The van der Waals surface area contributed by atoms with E-state index in [0.717, 1.165) is 20.0 Å². The predicted octanol–water partition coefficient (Wildman–Crippen LogP) is -0.188. The molecule has 1 saturated heterocycles. The Morgan fingerprint density at radius 1 is 1.45 bits per heavy atom. The molecule has 33 heavy (non-hydrogen) atoms. The molecule has 1 fully saturated rings. The number of aromatic amines is 1. The first-order valence-electron chi connectivity index (χ1n) is 10.7. The van der Waals surface area contributed by atoms with Crippen LogP contribution in [0.4, 0.5) is 0 Å². The van der Waals surface area contributed by atoms with Gasteiger partial charge in [0.15, 0.2) is 6.23 Å². The molecule has 5 N–H and O–H groups in total. The molecule has 0 radical (unpaired) electrons. The van der Waals surface area contributed by atoms with Gasteiger partial charge in [-0.3, -0.25) is 23.7 Å². The molecule has 7 atom stereocenters. The van der Waals surface area contributed by atoms with Crippen molar-refractivity contribution in [2.75, 3.05) is 6.58 Å².